The molecule has 1 amide bonds. The van der Waals surface area contributed by atoms with E-state index in [0.717, 1.165) is 47.8 Å². The van der Waals surface area contributed by atoms with E-state index in [1.807, 2.05) is 35.2 Å². The highest BCUT2D eigenvalue weighted by Gasteiger charge is 2.45. The van der Waals surface area contributed by atoms with Gasteiger partial charge in [0.25, 0.3) is 0 Å². The summed E-state index contributed by atoms with van der Waals surface area (Å²) in [5, 5.41) is 3.50. The van der Waals surface area contributed by atoms with Crippen molar-refractivity contribution in [3.63, 3.8) is 0 Å². The van der Waals surface area contributed by atoms with E-state index >= 15 is 0 Å². The van der Waals surface area contributed by atoms with Crippen molar-refractivity contribution < 1.29 is 4.79 Å². The Labute approximate surface area is 152 Å². The van der Waals surface area contributed by atoms with Crippen LogP contribution in [0.25, 0.3) is 0 Å². The molecule has 134 valence electrons. The van der Waals surface area contributed by atoms with Gasteiger partial charge in [-0.05, 0) is 37.8 Å². The van der Waals surface area contributed by atoms with Gasteiger partial charge in [0.1, 0.15) is 11.6 Å². The molecule has 1 aromatic heterocycles. The van der Waals surface area contributed by atoms with E-state index in [9.17, 15) is 4.79 Å². The molecule has 2 aliphatic heterocycles. The standard InChI is InChI=1S/C20H23N5O/c21-11-17(26)25-14-8-9-16(25)18-15(10-14)23-19(12-6-7-12)24-20(18)22-13-4-2-1-3-5-13/h1-5,12,14,16H,6-11,21H2,(H,22,23,24). The molecule has 2 unspecified atom stereocenters. The Balaban J connectivity index is 1.60. The number of hydrogen-bond acceptors (Lipinski definition) is 5. The minimum Gasteiger partial charge on any atom is -0.340 e. The molecule has 26 heavy (non-hydrogen) atoms. The number of hydrogen-bond donors (Lipinski definition) is 2. The van der Waals surface area contributed by atoms with Crippen molar-refractivity contribution >= 4 is 17.4 Å². The van der Waals surface area contributed by atoms with Crippen LogP contribution in [0.3, 0.4) is 0 Å². The lowest BCUT2D eigenvalue weighted by molar-refractivity contribution is -0.133. The summed E-state index contributed by atoms with van der Waals surface area (Å²) in [6.07, 6.45) is 5.13. The van der Waals surface area contributed by atoms with Gasteiger partial charge in [0.15, 0.2) is 0 Å². The maximum Gasteiger partial charge on any atom is 0.237 e. The lowest BCUT2D eigenvalue weighted by Crippen LogP contribution is -2.45. The van der Waals surface area contributed by atoms with Gasteiger partial charge in [-0.2, -0.15) is 0 Å². The number of anilines is 2. The zero-order chi connectivity index (χ0) is 17.7. The molecule has 3 N–H and O–H groups in total. The molecule has 0 radical (unpaired) electrons. The summed E-state index contributed by atoms with van der Waals surface area (Å²) in [5.41, 5.74) is 8.89. The number of carbonyl (C=O) groups is 1. The second kappa shape index (κ2) is 6.06. The molecule has 0 spiro atoms. The van der Waals surface area contributed by atoms with Crippen molar-refractivity contribution in [3.05, 3.63) is 47.4 Å². The first-order valence-electron chi connectivity index (χ1n) is 9.48. The highest BCUT2D eigenvalue weighted by molar-refractivity contribution is 5.80. The van der Waals surface area contributed by atoms with Gasteiger partial charge in [0.2, 0.25) is 5.91 Å². The van der Waals surface area contributed by atoms with Crippen LogP contribution in [0.2, 0.25) is 0 Å². The normalized spacial score (nSPS) is 23.7. The van der Waals surface area contributed by atoms with Crippen LogP contribution in [0.4, 0.5) is 11.5 Å². The maximum absolute atomic E-state index is 12.4. The van der Waals surface area contributed by atoms with Gasteiger partial charge in [-0.3, -0.25) is 4.79 Å². The second-order valence-electron chi connectivity index (χ2n) is 7.51. The molecule has 2 bridgehead atoms. The van der Waals surface area contributed by atoms with E-state index in [4.69, 9.17) is 15.7 Å². The summed E-state index contributed by atoms with van der Waals surface area (Å²) in [5.74, 6) is 2.35. The monoisotopic (exact) mass is 349 g/mol. The first-order chi connectivity index (χ1) is 12.7. The fourth-order valence-corrected chi connectivity index (χ4v) is 4.39. The number of fused-ring (bicyclic) bond motifs is 4. The summed E-state index contributed by atoms with van der Waals surface area (Å²) in [6, 6.07) is 10.4. The maximum atomic E-state index is 12.4. The molecular formula is C20H23N5O. The Bertz CT molecular complexity index is 849. The summed E-state index contributed by atoms with van der Waals surface area (Å²) in [7, 11) is 0. The molecule has 1 saturated carbocycles. The van der Waals surface area contributed by atoms with Gasteiger partial charge in [-0.25, -0.2) is 9.97 Å². The van der Waals surface area contributed by atoms with Crippen molar-refractivity contribution in [2.24, 2.45) is 5.73 Å². The zero-order valence-corrected chi connectivity index (χ0v) is 14.7. The van der Waals surface area contributed by atoms with E-state index in [0.29, 0.717) is 5.92 Å². The minimum atomic E-state index is 0.0279. The van der Waals surface area contributed by atoms with E-state index in [1.165, 1.54) is 12.8 Å². The lowest BCUT2D eigenvalue weighted by Gasteiger charge is -2.36. The number of para-hydroxylation sites is 1. The molecular weight excluding hydrogens is 326 g/mol. The molecule has 2 aromatic rings. The smallest absolute Gasteiger partial charge is 0.237 e. The van der Waals surface area contributed by atoms with Crippen LogP contribution < -0.4 is 11.1 Å². The van der Waals surface area contributed by atoms with Crippen LogP contribution in [0.15, 0.2) is 30.3 Å². The Morgan fingerprint density at radius 3 is 2.69 bits per heavy atom. The third kappa shape index (κ3) is 2.56. The number of amides is 1. The average Bonchev–Trinajstić information content (AvgIpc) is 3.46. The molecule has 6 heteroatoms. The summed E-state index contributed by atoms with van der Waals surface area (Å²) >= 11 is 0. The van der Waals surface area contributed by atoms with Gasteiger partial charge in [-0.1, -0.05) is 18.2 Å². The van der Waals surface area contributed by atoms with E-state index in [-0.39, 0.29) is 24.5 Å². The van der Waals surface area contributed by atoms with Crippen LogP contribution in [-0.4, -0.2) is 33.4 Å². The van der Waals surface area contributed by atoms with Crippen molar-refractivity contribution in [1.29, 1.82) is 0 Å². The molecule has 5 rings (SSSR count). The summed E-state index contributed by atoms with van der Waals surface area (Å²) < 4.78 is 0. The van der Waals surface area contributed by atoms with Crippen LogP contribution in [0, 0.1) is 0 Å². The van der Waals surface area contributed by atoms with E-state index in [2.05, 4.69) is 5.32 Å². The van der Waals surface area contributed by atoms with Crippen LogP contribution in [0.1, 0.15) is 54.7 Å². The predicted molar refractivity (Wildman–Crippen MR) is 99.1 cm³/mol. The fraction of sp³-hybridized carbons (Fsp3) is 0.450. The zero-order valence-electron chi connectivity index (χ0n) is 14.7. The highest BCUT2D eigenvalue weighted by Crippen LogP contribution is 2.47. The Kier molecular flexibility index (Phi) is 3.67. The molecule has 1 aliphatic carbocycles. The van der Waals surface area contributed by atoms with Gasteiger partial charge in [0, 0.05) is 29.6 Å². The Hall–Kier alpha value is -2.47. The molecule has 6 nitrogen and oxygen atoms in total. The van der Waals surface area contributed by atoms with Crippen molar-refractivity contribution in [2.45, 2.75) is 50.1 Å². The van der Waals surface area contributed by atoms with Gasteiger partial charge in [0.05, 0.1) is 18.3 Å². The SMILES string of the molecule is NCC(=O)N1C2CCC1c1c(nc(C3CC3)nc1Nc1ccccc1)C2. The first kappa shape index (κ1) is 15.8. The molecule has 3 aliphatic rings. The van der Waals surface area contributed by atoms with Crippen LogP contribution >= 0.6 is 0 Å². The summed E-state index contributed by atoms with van der Waals surface area (Å²) in [4.78, 5) is 24.2. The topological polar surface area (TPSA) is 84.1 Å². The Morgan fingerprint density at radius 1 is 1.15 bits per heavy atom. The minimum absolute atomic E-state index is 0.0279. The molecule has 2 fully saturated rings. The molecule has 1 saturated heterocycles. The number of nitrogens with two attached hydrogens (primary N) is 1. The highest BCUT2D eigenvalue weighted by atomic mass is 16.2. The van der Waals surface area contributed by atoms with E-state index in [1.54, 1.807) is 0 Å². The number of benzene rings is 1. The summed E-state index contributed by atoms with van der Waals surface area (Å²) in [6.45, 7) is 0.0603. The van der Waals surface area contributed by atoms with Crippen molar-refractivity contribution in [1.82, 2.24) is 14.9 Å². The number of carbonyl (C=O) groups excluding carboxylic acids is 1. The van der Waals surface area contributed by atoms with Crippen molar-refractivity contribution in [3.8, 4) is 0 Å². The fourth-order valence-electron chi connectivity index (χ4n) is 4.39. The molecule has 2 atom stereocenters. The number of aromatic nitrogens is 2. The predicted octanol–water partition coefficient (Wildman–Crippen LogP) is 2.64. The van der Waals surface area contributed by atoms with E-state index < -0.39 is 0 Å². The van der Waals surface area contributed by atoms with Gasteiger partial charge < -0.3 is 16.0 Å². The molecule has 3 heterocycles. The Morgan fingerprint density at radius 2 is 1.96 bits per heavy atom. The number of nitrogens with zero attached hydrogens (tertiary/aromatic N) is 3. The van der Waals surface area contributed by atoms with Crippen molar-refractivity contribution in [2.75, 3.05) is 11.9 Å². The largest absolute Gasteiger partial charge is 0.340 e. The second-order valence-corrected chi connectivity index (χ2v) is 7.51. The average molecular weight is 349 g/mol. The van der Waals surface area contributed by atoms with Gasteiger partial charge in [-0.15, -0.1) is 0 Å². The number of rotatable bonds is 4. The number of nitrogens with one attached hydrogen (secondary N) is 1. The first-order valence-corrected chi connectivity index (χ1v) is 9.48. The third-order valence-electron chi connectivity index (χ3n) is 5.75. The third-order valence-corrected chi connectivity index (χ3v) is 5.75. The lowest BCUT2D eigenvalue weighted by atomic mass is 9.97. The van der Waals surface area contributed by atoms with Crippen LogP contribution in [-0.2, 0) is 11.2 Å². The van der Waals surface area contributed by atoms with Crippen LogP contribution in [0.5, 0.6) is 0 Å². The quantitative estimate of drug-likeness (QED) is 0.886. The van der Waals surface area contributed by atoms with Gasteiger partial charge >= 0.3 is 0 Å². The molecule has 1 aromatic carbocycles.